The van der Waals surface area contributed by atoms with Gasteiger partial charge in [0.1, 0.15) is 23.3 Å². The molecule has 1 aromatic heterocycles. The van der Waals surface area contributed by atoms with Crippen LogP contribution in [0, 0.1) is 13.8 Å². The Morgan fingerprint density at radius 1 is 0.973 bits per heavy atom. The summed E-state index contributed by atoms with van der Waals surface area (Å²) in [5, 5.41) is 3.63. The molecule has 0 aliphatic carbocycles. The van der Waals surface area contributed by atoms with Crippen molar-refractivity contribution in [2.24, 2.45) is 0 Å². The number of ether oxygens (including phenoxy) is 3. The van der Waals surface area contributed by atoms with Gasteiger partial charge in [0.05, 0.1) is 17.6 Å². The lowest BCUT2D eigenvalue weighted by atomic mass is 10.1. The summed E-state index contributed by atoms with van der Waals surface area (Å²) in [6.45, 7) is 5.45. The van der Waals surface area contributed by atoms with Crippen molar-refractivity contribution in [3.05, 3.63) is 92.8 Å². The van der Waals surface area contributed by atoms with E-state index in [4.69, 9.17) is 30.2 Å². The summed E-state index contributed by atoms with van der Waals surface area (Å²) in [6.07, 6.45) is 1.24. The molecule has 190 valence electrons. The summed E-state index contributed by atoms with van der Waals surface area (Å²) in [5.41, 5.74) is 2.50. The third kappa shape index (κ3) is 6.10. The lowest BCUT2D eigenvalue weighted by Gasteiger charge is -2.10. The lowest BCUT2D eigenvalue weighted by Crippen LogP contribution is -2.20. The minimum Gasteiger partial charge on any atom is -0.484 e. The smallest absolute Gasteiger partial charge is 0.338 e. The van der Waals surface area contributed by atoms with E-state index in [0.29, 0.717) is 33.2 Å². The standard InChI is InChI=1S/C28H24ClNO7/c1-4-34-28(33)18-5-7-19(8-6-18)30-25(31)15-35-20-9-10-22-23(13-20)36-14-24(27(22)32)37-21-11-16(2)26(29)17(3)12-21/h5-14H,4,15H2,1-3H3,(H,30,31). The number of hydrogen-bond acceptors (Lipinski definition) is 7. The van der Waals surface area contributed by atoms with Crippen LogP contribution >= 0.6 is 11.6 Å². The fraction of sp³-hybridized carbons (Fsp3) is 0.179. The van der Waals surface area contributed by atoms with Crippen LogP contribution in [-0.4, -0.2) is 25.1 Å². The van der Waals surface area contributed by atoms with Gasteiger partial charge in [-0.2, -0.15) is 0 Å². The van der Waals surface area contributed by atoms with Gasteiger partial charge >= 0.3 is 5.97 Å². The van der Waals surface area contributed by atoms with Crippen LogP contribution in [-0.2, 0) is 9.53 Å². The van der Waals surface area contributed by atoms with E-state index >= 15 is 0 Å². The molecule has 1 amide bonds. The highest BCUT2D eigenvalue weighted by molar-refractivity contribution is 6.32. The molecule has 4 rings (SSSR count). The maximum atomic E-state index is 12.9. The Morgan fingerprint density at radius 3 is 2.35 bits per heavy atom. The number of carbonyl (C=O) groups is 2. The van der Waals surface area contributed by atoms with Crippen LogP contribution in [0.2, 0.25) is 5.02 Å². The number of benzene rings is 3. The molecule has 0 radical (unpaired) electrons. The number of hydrogen-bond donors (Lipinski definition) is 1. The molecule has 0 aliphatic rings. The van der Waals surface area contributed by atoms with Gasteiger partial charge in [-0.15, -0.1) is 0 Å². The number of anilines is 1. The highest BCUT2D eigenvalue weighted by Gasteiger charge is 2.13. The van der Waals surface area contributed by atoms with E-state index < -0.39 is 11.9 Å². The number of carbonyl (C=O) groups excluding carboxylic acids is 2. The van der Waals surface area contributed by atoms with Gasteiger partial charge in [-0.05, 0) is 80.4 Å². The maximum absolute atomic E-state index is 12.9. The van der Waals surface area contributed by atoms with Crippen LogP contribution in [0.1, 0.15) is 28.4 Å². The second kappa shape index (κ2) is 11.2. The molecule has 0 atom stereocenters. The summed E-state index contributed by atoms with van der Waals surface area (Å²) < 4.78 is 21.8. The predicted octanol–water partition coefficient (Wildman–Crippen LogP) is 6.05. The molecule has 0 saturated carbocycles. The molecule has 8 nitrogen and oxygen atoms in total. The topological polar surface area (TPSA) is 104 Å². The van der Waals surface area contributed by atoms with Gasteiger partial charge < -0.3 is 23.9 Å². The number of halogens is 1. The third-order valence-corrected chi connectivity index (χ3v) is 6.00. The summed E-state index contributed by atoms with van der Waals surface area (Å²) in [7, 11) is 0. The monoisotopic (exact) mass is 521 g/mol. The number of nitrogens with one attached hydrogen (secondary N) is 1. The van der Waals surface area contributed by atoms with E-state index in [-0.39, 0.29) is 30.0 Å². The van der Waals surface area contributed by atoms with Crippen LogP contribution in [0.5, 0.6) is 17.2 Å². The molecule has 0 aliphatic heterocycles. The lowest BCUT2D eigenvalue weighted by molar-refractivity contribution is -0.118. The average molecular weight is 522 g/mol. The number of rotatable bonds is 8. The molecule has 0 spiro atoms. The highest BCUT2D eigenvalue weighted by atomic mass is 35.5. The van der Waals surface area contributed by atoms with Crippen molar-refractivity contribution < 1.29 is 28.2 Å². The van der Waals surface area contributed by atoms with Crippen molar-refractivity contribution in [2.45, 2.75) is 20.8 Å². The van der Waals surface area contributed by atoms with Gasteiger partial charge in [0.25, 0.3) is 5.91 Å². The van der Waals surface area contributed by atoms with Crippen molar-refractivity contribution in [1.29, 1.82) is 0 Å². The number of amides is 1. The van der Waals surface area contributed by atoms with Gasteiger partial charge in [-0.1, -0.05) is 11.6 Å². The first kappa shape index (κ1) is 25.8. The predicted molar refractivity (Wildman–Crippen MR) is 140 cm³/mol. The minimum absolute atomic E-state index is 0.0376. The number of esters is 1. The van der Waals surface area contributed by atoms with Crippen LogP contribution in [0.25, 0.3) is 11.0 Å². The fourth-order valence-corrected chi connectivity index (χ4v) is 3.70. The third-order valence-electron chi connectivity index (χ3n) is 5.40. The Labute approximate surface area is 217 Å². The highest BCUT2D eigenvalue weighted by Crippen LogP contribution is 2.29. The summed E-state index contributed by atoms with van der Waals surface area (Å²) in [4.78, 5) is 36.9. The second-order valence-electron chi connectivity index (χ2n) is 8.19. The van der Waals surface area contributed by atoms with E-state index in [9.17, 15) is 14.4 Å². The van der Waals surface area contributed by atoms with Crippen molar-refractivity contribution in [3.8, 4) is 17.2 Å². The van der Waals surface area contributed by atoms with E-state index in [1.165, 1.54) is 12.3 Å². The maximum Gasteiger partial charge on any atom is 0.338 e. The summed E-state index contributed by atoms with van der Waals surface area (Å²) in [5.74, 6) is 0.0347. The van der Waals surface area contributed by atoms with Crippen molar-refractivity contribution in [2.75, 3.05) is 18.5 Å². The Hall–Kier alpha value is -4.30. The van der Waals surface area contributed by atoms with E-state index in [2.05, 4.69) is 5.32 Å². The van der Waals surface area contributed by atoms with Crippen LogP contribution in [0.4, 0.5) is 5.69 Å². The Balaban J connectivity index is 1.40. The Kier molecular flexibility index (Phi) is 7.79. The first-order valence-electron chi connectivity index (χ1n) is 11.4. The van der Waals surface area contributed by atoms with Crippen LogP contribution in [0.3, 0.4) is 0 Å². The Morgan fingerprint density at radius 2 is 1.68 bits per heavy atom. The molecule has 4 aromatic rings. The normalized spacial score (nSPS) is 10.7. The van der Waals surface area contributed by atoms with Crippen molar-refractivity contribution >= 4 is 40.1 Å². The molecule has 0 fully saturated rings. The van der Waals surface area contributed by atoms with Crippen LogP contribution < -0.4 is 20.2 Å². The minimum atomic E-state index is -0.430. The quantitative estimate of drug-likeness (QED) is 0.281. The van der Waals surface area contributed by atoms with E-state index in [1.54, 1.807) is 55.5 Å². The summed E-state index contributed by atoms with van der Waals surface area (Å²) in [6, 6.07) is 14.5. The molecule has 0 unspecified atom stereocenters. The zero-order chi connectivity index (χ0) is 26.5. The van der Waals surface area contributed by atoms with Gasteiger partial charge in [0.15, 0.2) is 6.61 Å². The zero-order valence-corrected chi connectivity index (χ0v) is 21.2. The van der Waals surface area contributed by atoms with Gasteiger partial charge in [0, 0.05) is 16.8 Å². The molecule has 37 heavy (non-hydrogen) atoms. The number of aryl methyl sites for hydroxylation is 2. The summed E-state index contributed by atoms with van der Waals surface area (Å²) >= 11 is 6.20. The SMILES string of the molecule is CCOC(=O)c1ccc(NC(=O)COc2ccc3c(=O)c(Oc4cc(C)c(Cl)c(C)c4)coc3c2)cc1. The fourth-order valence-electron chi connectivity index (χ4n) is 3.59. The van der Waals surface area contributed by atoms with Crippen molar-refractivity contribution in [1.82, 2.24) is 0 Å². The van der Waals surface area contributed by atoms with E-state index in [0.717, 1.165) is 11.1 Å². The Bertz CT molecular complexity index is 1500. The first-order valence-corrected chi connectivity index (χ1v) is 11.8. The van der Waals surface area contributed by atoms with Gasteiger partial charge in [-0.3, -0.25) is 9.59 Å². The molecule has 1 heterocycles. The molecule has 0 saturated heterocycles. The molecule has 9 heteroatoms. The van der Waals surface area contributed by atoms with Crippen LogP contribution in [0.15, 0.2) is 70.1 Å². The molecule has 1 N–H and O–H groups in total. The van der Waals surface area contributed by atoms with E-state index in [1.807, 2.05) is 13.8 Å². The van der Waals surface area contributed by atoms with Crippen molar-refractivity contribution in [3.63, 3.8) is 0 Å². The molecule has 0 bridgehead atoms. The van der Waals surface area contributed by atoms with Gasteiger partial charge in [0.2, 0.25) is 11.2 Å². The molecular weight excluding hydrogens is 498 g/mol. The zero-order valence-electron chi connectivity index (χ0n) is 20.4. The van der Waals surface area contributed by atoms with Gasteiger partial charge in [-0.25, -0.2) is 4.79 Å². The molecular formula is C28H24ClNO7. The molecule has 3 aromatic carbocycles. The first-order chi connectivity index (χ1) is 17.7. The average Bonchev–Trinajstić information content (AvgIpc) is 2.88. The largest absolute Gasteiger partial charge is 0.484 e. The number of fused-ring (bicyclic) bond motifs is 1. The second-order valence-corrected chi connectivity index (χ2v) is 8.57.